The average molecular weight is 209 g/mol. The molecule has 0 atom stereocenters. The summed E-state index contributed by atoms with van der Waals surface area (Å²) in [7, 11) is 0. The van der Waals surface area contributed by atoms with Crippen molar-refractivity contribution in [3.63, 3.8) is 0 Å². The summed E-state index contributed by atoms with van der Waals surface area (Å²) in [5.41, 5.74) is 5.04. The van der Waals surface area contributed by atoms with Gasteiger partial charge in [-0.05, 0) is 33.6 Å². The molecule has 2 N–H and O–H groups in total. The van der Waals surface area contributed by atoms with Crippen molar-refractivity contribution in [3.05, 3.63) is 0 Å². The SMILES string of the molecule is CC(C)(C)OC(=O)C#CC1(CN)CCC1. The molecule has 1 saturated carbocycles. The lowest BCUT2D eigenvalue weighted by atomic mass is 9.69. The molecule has 0 radical (unpaired) electrons. The molecule has 1 fully saturated rings. The zero-order valence-electron chi connectivity index (χ0n) is 9.72. The number of rotatable bonds is 1. The molecule has 0 amide bonds. The van der Waals surface area contributed by atoms with Crippen molar-refractivity contribution in [2.45, 2.75) is 45.6 Å². The van der Waals surface area contributed by atoms with Crippen molar-refractivity contribution >= 4 is 5.97 Å². The second kappa shape index (κ2) is 4.24. The number of nitrogens with two attached hydrogens (primary N) is 1. The van der Waals surface area contributed by atoms with Gasteiger partial charge in [0.2, 0.25) is 0 Å². The fourth-order valence-corrected chi connectivity index (χ4v) is 1.47. The van der Waals surface area contributed by atoms with E-state index in [9.17, 15) is 4.79 Å². The standard InChI is InChI=1S/C12H19NO2/c1-11(2,3)15-10(14)5-8-12(9-13)6-4-7-12/h4,6-7,9,13H2,1-3H3. The minimum Gasteiger partial charge on any atom is -0.450 e. The highest BCUT2D eigenvalue weighted by molar-refractivity contribution is 5.88. The Morgan fingerprint density at radius 3 is 2.40 bits per heavy atom. The highest BCUT2D eigenvalue weighted by Gasteiger charge is 2.33. The van der Waals surface area contributed by atoms with Gasteiger partial charge in [-0.25, -0.2) is 4.79 Å². The zero-order chi connectivity index (χ0) is 11.5. The van der Waals surface area contributed by atoms with Gasteiger partial charge in [-0.2, -0.15) is 0 Å². The van der Waals surface area contributed by atoms with Crippen molar-refractivity contribution in [1.82, 2.24) is 0 Å². The van der Waals surface area contributed by atoms with Gasteiger partial charge in [-0.15, -0.1) is 0 Å². The first-order valence-corrected chi connectivity index (χ1v) is 5.33. The Kier molecular flexibility index (Phi) is 3.41. The van der Waals surface area contributed by atoms with Crippen LogP contribution in [0.5, 0.6) is 0 Å². The Bertz CT molecular complexity index is 294. The first-order chi connectivity index (χ1) is 6.87. The van der Waals surface area contributed by atoms with Gasteiger partial charge in [0.15, 0.2) is 0 Å². The maximum atomic E-state index is 11.3. The number of hydrogen-bond donors (Lipinski definition) is 1. The van der Waals surface area contributed by atoms with Crippen LogP contribution in [-0.4, -0.2) is 18.1 Å². The number of ether oxygens (including phenoxy) is 1. The minimum atomic E-state index is -0.471. The van der Waals surface area contributed by atoms with Crippen LogP contribution in [0.25, 0.3) is 0 Å². The molecule has 0 heterocycles. The van der Waals surface area contributed by atoms with Crippen molar-refractivity contribution in [2.75, 3.05) is 6.54 Å². The second-order valence-corrected chi connectivity index (χ2v) is 5.09. The Hall–Kier alpha value is -1.01. The van der Waals surface area contributed by atoms with Crippen LogP contribution in [0.3, 0.4) is 0 Å². The van der Waals surface area contributed by atoms with Crippen LogP contribution in [0.2, 0.25) is 0 Å². The van der Waals surface area contributed by atoms with Crippen LogP contribution in [0.1, 0.15) is 40.0 Å². The van der Waals surface area contributed by atoms with E-state index in [0.717, 1.165) is 19.3 Å². The number of esters is 1. The number of carbonyl (C=O) groups is 1. The van der Waals surface area contributed by atoms with Gasteiger partial charge in [0, 0.05) is 17.9 Å². The van der Waals surface area contributed by atoms with E-state index in [2.05, 4.69) is 11.8 Å². The quantitative estimate of drug-likeness (QED) is 0.404. The van der Waals surface area contributed by atoms with E-state index in [4.69, 9.17) is 10.5 Å². The predicted octanol–water partition coefficient (Wildman–Crippen LogP) is 1.46. The third-order valence-corrected chi connectivity index (χ3v) is 2.53. The molecule has 3 nitrogen and oxygen atoms in total. The van der Waals surface area contributed by atoms with E-state index in [1.165, 1.54) is 0 Å². The fraction of sp³-hybridized carbons (Fsp3) is 0.750. The van der Waals surface area contributed by atoms with Crippen LogP contribution in [0, 0.1) is 17.3 Å². The molecule has 15 heavy (non-hydrogen) atoms. The normalized spacial score (nSPS) is 18.4. The summed E-state index contributed by atoms with van der Waals surface area (Å²) >= 11 is 0. The Morgan fingerprint density at radius 1 is 1.47 bits per heavy atom. The average Bonchev–Trinajstić information content (AvgIpc) is 1.99. The summed E-state index contributed by atoms with van der Waals surface area (Å²) in [5.74, 6) is 5.04. The van der Waals surface area contributed by atoms with Gasteiger partial charge in [-0.1, -0.05) is 12.3 Å². The number of carbonyl (C=O) groups excluding carboxylic acids is 1. The Labute approximate surface area is 91.4 Å². The summed E-state index contributed by atoms with van der Waals surface area (Å²) in [6, 6.07) is 0. The van der Waals surface area contributed by atoms with E-state index < -0.39 is 11.6 Å². The molecule has 0 aliphatic heterocycles. The molecule has 0 aromatic carbocycles. The van der Waals surface area contributed by atoms with Crippen LogP contribution in [-0.2, 0) is 9.53 Å². The molecular formula is C12H19NO2. The maximum Gasteiger partial charge on any atom is 0.384 e. The molecular weight excluding hydrogens is 190 g/mol. The topological polar surface area (TPSA) is 52.3 Å². The summed E-state index contributed by atoms with van der Waals surface area (Å²) in [6.07, 6.45) is 3.15. The van der Waals surface area contributed by atoms with Crippen LogP contribution in [0.4, 0.5) is 0 Å². The molecule has 0 aromatic heterocycles. The molecule has 1 aliphatic carbocycles. The summed E-state index contributed by atoms with van der Waals surface area (Å²) in [6.45, 7) is 6.01. The molecule has 0 aromatic rings. The third-order valence-electron chi connectivity index (χ3n) is 2.53. The van der Waals surface area contributed by atoms with Gasteiger partial charge in [0.05, 0.1) is 0 Å². The van der Waals surface area contributed by atoms with E-state index in [0.29, 0.717) is 6.54 Å². The molecule has 0 bridgehead atoms. The molecule has 3 heteroatoms. The minimum absolute atomic E-state index is 0.114. The summed E-state index contributed by atoms with van der Waals surface area (Å²) < 4.78 is 5.09. The second-order valence-electron chi connectivity index (χ2n) is 5.09. The van der Waals surface area contributed by atoms with E-state index in [-0.39, 0.29) is 5.41 Å². The van der Waals surface area contributed by atoms with Crippen molar-refractivity contribution < 1.29 is 9.53 Å². The number of hydrogen-bond acceptors (Lipinski definition) is 3. The maximum absolute atomic E-state index is 11.3. The molecule has 1 aliphatic rings. The molecule has 0 spiro atoms. The highest BCUT2D eigenvalue weighted by atomic mass is 16.6. The molecule has 84 valence electrons. The highest BCUT2D eigenvalue weighted by Crippen LogP contribution is 2.38. The van der Waals surface area contributed by atoms with E-state index >= 15 is 0 Å². The van der Waals surface area contributed by atoms with Gasteiger partial charge < -0.3 is 10.5 Å². The third kappa shape index (κ3) is 3.56. The lowest BCUT2D eigenvalue weighted by Crippen LogP contribution is -2.36. The zero-order valence-corrected chi connectivity index (χ0v) is 9.72. The van der Waals surface area contributed by atoms with E-state index in [1.54, 1.807) is 0 Å². The summed E-state index contributed by atoms with van der Waals surface area (Å²) in [5, 5.41) is 0. The first kappa shape index (κ1) is 12.1. The Morgan fingerprint density at radius 2 is 2.07 bits per heavy atom. The fourth-order valence-electron chi connectivity index (χ4n) is 1.47. The van der Waals surface area contributed by atoms with Crippen LogP contribution in [0.15, 0.2) is 0 Å². The predicted molar refractivity (Wildman–Crippen MR) is 59.0 cm³/mol. The van der Waals surface area contributed by atoms with Gasteiger partial charge in [0.25, 0.3) is 0 Å². The largest absolute Gasteiger partial charge is 0.450 e. The van der Waals surface area contributed by atoms with Crippen molar-refractivity contribution in [1.29, 1.82) is 0 Å². The van der Waals surface area contributed by atoms with Crippen LogP contribution >= 0.6 is 0 Å². The van der Waals surface area contributed by atoms with Gasteiger partial charge >= 0.3 is 5.97 Å². The molecule has 0 saturated heterocycles. The smallest absolute Gasteiger partial charge is 0.384 e. The van der Waals surface area contributed by atoms with Gasteiger partial charge in [0.1, 0.15) is 5.60 Å². The van der Waals surface area contributed by atoms with Gasteiger partial charge in [-0.3, -0.25) is 0 Å². The molecule has 1 rings (SSSR count). The lowest BCUT2D eigenvalue weighted by Gasteiger charge is -2.35. The lowest BCUT2D eigenvalue weighted by molar-refractivity contribution is -0.147. The van der Waals surface area contributed by atoms with E-state index in [1.807, 2.05) is 20.8 Å². The Balaban J connectivity index is 2.54. The van der Waals surface area contributed by atoms with Crippen LogP contribution < -0.4 is 5.73 Å². The first-order valence-electron chi connectivity index (χ1n) is 5.33. The molecule has 0 unspecified atom stereocenters. The van der Waals surface area contributed by atoms with Crippen molar-refractivity contribution in [3.8, 4) is 11.8 Å². The summed E-state index contributed by atoms with van der Waals surface area (Å²) in [4.78, 5) is 11.3. The van der Waals surface area contributed by atoms with Crippen molar-refractivity contribution in [2.24, 2.45) is 11.1 Å². The monoisotopic (exact) mass is 209 g/mol.